The van der Waals surface area contributed by atoms with Gasteiger partial charge in [-0.2, -0.15) is 0 Å². The average molecular weight is 503 g/mol. The molecule has 0 N–H and O–H groups in total. The first kappa shape index (κ1) is 22.1. The molecule has 186 valence electrons. The van der Waals surface area contributed by atoms with Crippen LogP contribution >= 0.6 is 0 Å². The summed E-state index contributed by atoms with van der Waals surface area (Å²) in [6.07, 6.45) is 2.20. The van der Waals surface area contributed by atoms with Crippen LogP contribution in [0.5, 0.6) is 0 Å². The van der Waals surface area contributed by atoms with Crippen molar-refractivity contribution in [1.82, 2.24) is 4.40 Å². The number of aryl methyl sites for hydroxylation is 3. The monoisotopic (exact) mass is 502 g/mol. The normalized spacial score (nSPS) is 12.0. The summed E-state index contributed by atoms with van der Waals surface area (Å²) in [6, 6.07) is 39.6. The van der Waals surface area contributed by atoms with Crippen LogP contribution in [0.15, 0.2) is 115 Å². The number of pyridine rings is 2. The lowest BCUT2D eigenvalue weighted by atomic mass is 9.96. The molecule has 0 aliphatic carbocycles. The highest BCUT2D eigenvalue weighted by atomic mass is 15.1. The summed E-state index contributed by atoms with van der Waals surface area (Å²) >= 11 is 0. The third kappa shape index (κ3) is 3.01. The van der Waals surface area contributed by atoms with Crippen molar-refractivity contribution in [2.24, 2.45) is 7.05 Å². The summed E-state index contributed by atoms with van der Waals surface area (Å²) < 4.78 is 4.81. The summed E-state index contributed by atoms with van der Waals surface area (Å²) in [5, 5.41) is 6.53. The lowest BCUT2D eigenvalue weighted by Crippen LogP contribution is -2.29. The SMILES string of the molecule is Cc1cc2c3ccc(N(c4ccccc4)c4ccccc4)cc3n3c4cccc5cc[n+](C)c(c(c1C)c23)c54. The van der Waals surface area contributed by atoms with E-state index in [1.807, 2.05) is 0 Å². The quantitative estimate of drug-likeness (QED) is 0.133. The second kappa shape index (κ2) is 8.05. The second-order valence-electron chi connectivity index (χ2n) is 10.6. The van der Waals surface area contributed by atoms with E-state index >= 15 is 0 Å². The standard InChI is InChI=1S/C36H28N3/c1-23-21-30-29-18-17-28(38(26-12-6-4-7-13-26)27-14-8-5-9-15-27)22-32(29)39-31-16-10-11-25-19-20-37(3)36(34(25)31)33(24(23)2)35(30)39/h4-22H,1-3H3/q+1. The molecule has 8 aromatic rings. The Labute approximate surface area is 227 Å². The van der Waals surface area contributed by atoms with Crippen LogP contribution in [0, 0.1) is 13.8 Å². The molecule has 5 aromatic carbocycles. The summed E-state index contributed by atoms with van der Waals surface area (Å²) in [5.41, 5.74) is 11.2. The zero-order valence-corrected chi connectivity index (χ0v) is 22.3. The Hall–Kier alpha value is -4.89. The van der Waals surface area contributed by atoms with E-state index in [1.165, 1.54) is 60.1 Å². The fraction of sp³-hybridized carbons (Fsp3) is 0.0833. The zero-order chi connectivity index (χ0) is 26.2. The largest absolute Gasteiger partial charge is 0.310 e. The number of benzene rings is 5. The zero-order valence-electron chi connectivity index (χ0n) is 22.3. The molecule has 0 spiro atoms. The first-order chi connectivity index (χ1) is 19.1. The predicted octanol–water partition coefficient (Wildman–Crippen LogP) is 8.90. The summed E-state index contributed by atoms with van der Waals surface area (Å²) in [4.78, 5) is 2.35. The van der Waals surface area contributed by atoms with Crippen LogP contribution in [-0.2, 0) is 7.05 Å². The number of para-hydroxylation sites is 2. The van der Waals surface area contributed by atoms with Crippen LogP contribution < -0.4 is 9.47 Å². The smallest absolute Gasteiger partial charge is 0.224 e. The number of hydrogen-bond acceptors (Lipinski definition) is 1. The fourth-order valence-corrected chi connectivity index (χ4v) is 6.56. The van der Waals surface area contributed by atoms with E-state index in [4.69, 9.17) is 0 Å². The van der Waals surface area contributed by atoms with Crippen molar-refractivity contribution >= 4 is 66.1 Å². The van der Waals surface area contributed by atoms with Gasteiger partial charge in [-0.05, 0) is 78.9 Å². The van der Waals surface area contributed by atoms with Crippen molar-refractivity contribution in [2.45, 2.75) is 13.8 Å². The first-order valence-electron chi connectivity index (χ1n) is 13.5. The minimum atomic E-state index is 1.14. The van der Waals surface area contributed by atoms with Gasteiger partial charge in [0.25, 0.3) is 0 Å². The molecule has 0 radical (unpaired) electrons. The molecule has 0 aliphatic rings. The van der Waals surface area contributed by atoms with Gasteiger partial charge in [0.15, 0.2) is 6.20 Å². The van der Waals surface area contributed by atoms with E-state index in [-0.39, 0.29) is 0 Å². The summed E-state index contributed by atoms with van der Waals surface area (Å²) in [5.74, 6) is 0. The van der Waals surface area contributed by atoms with Crippen molar-refractivity contribution < 1.29 is 4.57 Å². The molecule has 3 heteroatoms. The molecule has 0 fully saturated rings. The van der Waals surface area contributed by atoms with Gasteiger partial charge in [-0.15, -0.1) is 0 Å². The van der Waals surface area contributed by atoms with E-state index in [0.717, 1.165) is 17.1 Å². The van der Waals surface area contributed by atoms with E-state index in [1.54, 1.807) is 0 Å². The van der Waals surface area contributed by atoms with E-state index in [2.05, 4.69) is 150 Å². The van der Waals surface area contributed by atoms with Gasteiger partial charge < -0.3 is 9.30 Å². The molecular formula is C36H28N3+. The molecule has 0 unspecified atom stereocenters. The number of anilines is 3. The van der Waals surface area contributed by atoms with Crippen LogP contribution in [0.1, 0.15) is 11.1 Å². The number of hydrogen-bond donors (Lipinski definition) is 0. The van der Waals surface area contributed by atoms with Crippen molar-refractivity contribution in [3.63, 3.8) is 0 Å². The number of aromatic nitrogens is 2. The van der Waals surface area contributed by atoms with Gasteiger partial charge in [0, 0.05) is 33.9 Å². The molecule has 0 atom stereocenters. The van der Waals surface area contributed by atoms with Crippen LogP contribution in [-0.4, -0.2) is 4.40 Å². The Balaban J connectivity index is 1.57. The lowest BCUT2D eigenvalue weighted by molar-refractivity contribution is -0.643. The fourth-order valence-electron chi connectivity index (χ4n) is 6.56. The Bertz CT molecular complexity index is 2150. The molecule has 0 saturated heterocycles. The van der Waals surface area contributed by atoms with Crippen molar-refractivity contribution in [2.75, 3.05) is 4.90 Å². The van der Waals surface area contributed by atoms with Crippen LogP contribution in [0.4, 0.5) is 17.1 Å². The Kier molecular flexibility index (Phi) is 4.57. The van der Waals surface area contributed by atoms with Gasteiger partial charge in [0.2, 0.25) is 5.52 Å². The minimum absolute atomic E-state index is 1.14. The predicted molar refractivity (Wildman–Crippen MR) is 164 cm³/mol. The van der Waals surface area contributed by atoms with Gasteiger partial charge in [-0.3, -0.25) is 0 Å². The van der Waals surface area contributed by atoms with Crippen molar-refractivity contribution in [1.29, 1.82) is 0 Å². The third-order valence-electron chi connectivity index (χ3n) is 8.46. The molecule has 39 heavy (non-hydrogen) atoms. The van der Waals surface area contributed by atoms with Crippen LogP contribution in [0.25, 0.3) is 49.0 Å². The van der Waals surface area contributed by atoms with E-state index in [9.17, 15) is 0 Å². The highest BCUT2D eigenvalue weighted by Gasteiger charge is 2.25. The number of fused-ring (bicyclic) bond motifs is 5. The average Bonchev–Trinajstić information content (AvgIpc) is 3.29. The van der Waals surface area contributed by atoms with Gasteiger partial charge in [0.1, 0.15) is 7.05 Å². The van der Waals surface area contributed by atoms with Crippen molar-refractivity contribution in [3.8, 4) is 0 Å². The molecule has 0 saturated carbocycles. The topological polar surface area (TPSA) is 11.5 Å². The minimum Gasteiger partial charge on any atom is -0.310 e. The highest BCUT2D eigenvalue weighted by Crippen LogP contribution is 2.43. The molecular weight excluding hydrogens is 474 g/mol. The third-order valence-corrected chi connectivity index (χ3v) is 8.46. The van der Waals surface area contributed by atoms with Crippen LogP contribution in [0.2, 0.25) is 0 Å². The summed E-state index contributed by atoms with van der Waals surface area (Å²) in [6.45, 7) is 4.52. The maximum absolute atomic E-state index is 2.51. The highest BCUT2D eigenvalue weighted by molar-refractivity contribution is 6.26. The second-order valence-corrected chi connectivity index (χ2v) is 10.6. The van der Waals surface area contributed by atoms with Gasteiger partial charge in [-0.1, -0.05) is 54.6 Å². The van der Waals surface area contributed by atoms with Crippen LogP contribution in [0.3, 0.4) is 0 Å². The van der Waals surface area contributed by atoms with E-state index < -0.39 is 0 Å². The van der Waals surface area contributed by atoms with Crippen molar-refractivity contribution in [3.05, 3.63) is 127 Å². The van der Waals surface area contributed by atoms with Gasteiger partial charge in [0.05, 0.1) is 27.3 Å². The molecule has 3 nitrogen and oxygen atoms in total. The molecule has 3 heterocycles. The van der Waals surface area contributed by atoms with Gasteiger partial charge >= 0.3 is 0 Å². The Morgan fingerprint density at radius 1 is 0.615 bits per heavy atom. The summed E-state index contributed by atoms with van der Waals surface area (Å²) in [7, 11) is 2.17. The lowest BCUT2D eigenvalue weighted by Gasteiger charge is -2.25. The maximum Gasteiger partial charge on any atom is 0.224 e. The molecule has 3 aromatic heterocycles. The number of nitrogens with zero attached hydrogens (tertiary/aromatic N) is 3. The molecule has 0 bridgehead atoms. The number of rotatable bonds is 3. The van der Waals surface area contributed by atoms with Gasteiger partial charge in [-0.25, -0.2) is 4.57 Å². The van der Waals surface area contributed by atoms with E-state index in [0.29, 0.717) is 0 Å². The maximum atomic E-state index is 2.51. The molecule has 8 rings (SSSR count). The first-order valence-corrected chi connectivity index (χ1v) is 13.5. The Morgan fingerprint density at radius 3 is 2.05 bits per heavy atom. The Morgan fingerprint density at radius 2 is 1.33 bits per heavy atom. The molecule has 0 amide bonds. The molecule has 0 aliphatic heterocycles.